The molecule has 5 N–H and O–H groups in total. The van der Waals surface area contributed by atoms with Crippen molar-refractivity contribution in [2.75, 3.05) is 33.7 Å². The van der Waals surface area contributed by atoms with Gasteiger partial charge in [0.1, 0.15) is 18.5 Å². The maximum Gasteiger partial charge on any atom is 0.251 e. The van der Waals surface area contributed by atoms with Crippen LogP contribution in [0, 0.1) is 0 Å². The van der Waals surface area contributed by atoms with E-state index in [-0.39, 0.29) is 5.91 Å². The predicted molar refractivity (Wildman–Crippen MR) is 156 cm³/mol. The molecule has 0 saturated carbocycles. The van der Waals surface area contributed by atoms with Crippen LogP contribution in [0.3, 0.4) is 0 Å². The fourth-order valence-corrected chi connectivity index (χ4v) is 4.87. The summed E-state index contributed by atoms with van der Waals surface area (Å²) < 4.78 is 23.1. The molecule has 5 rings (SSSR count). The van der Waals surface area contributed by atoms with Crippen molar-refractivity contribution in [3.63, 3.8) is 0 Å². The van der Waals surface area contributed by atoms with Crippen LogP contribution in [0.4, 0.5) is 5.82 Å². The molecule has 1 aliphatic heterocycles. The Kier molecular flexibility index (Phi) is 9.08. The number of benzene rings is 2. The molecule has 232 valence electrons. The second kappa shape index (κ2) is 13.1. The van der Waals surface area contributed by atoms with Crippen molar-refractivity contribution in [1.29, 1.82) is 0 Å². The molecule has 1 fully saturated rings. The summed E-state index contributed by atoms with van der Waals surface area (Å²) >= 11 is 0. The van der Waals surface area contributed by atoms with Crippen LogP contribution >= 0.6 is 0 Å². The Bertz CT molecular complexity index is 1620. The highest BCUT2D eigenvalue weighted by Crippen LogP contribution is 2.38. The van der Waals surface area contributed by atoms with E-state index in [0.29, 0.717) is 52.9 Å². The molecule has 1 saturated heterocycles. The van der Waals surface area contributed by atoms with E-state index in [4.69, 9.17) is 18.9 Å². The van der Waals surface area contributed by atoms with E-state index in [1.165, 1.54) is 45.6 Å². The van der Waals surface area contributed by atoms with Crippen LogP contribution in [-0.2, 0) is 22.6 Å². The van der Waals surface area contributed by atoms with Gasteiger partial charge < -0.3 is 45.1 Å². The second-order valence-corrected chi connectivity index (χ2v) is 9.86. The number of hydrogen-bond acceptors (Lipinski definition) is 12. The fourth-order valence-electron chi connectivity index (χ4n) is 4.87. The van der Waals surface area contributed by atoms with E-state index in [1.54, 1.807) is 12.1 Å². The van der Waals surface area contributed by atoms with Gasteiger partial charge in [0.05, 0.1) is 27.7 Å². The first-order valence-corrected chi connectivity index (χ1v) is 13.6. The second-order valence-electron chi connectivity index (χ2n) is 9.86. The third kappa shape index (κ3) is 5.92. The van der Waals surface area contributed by atoms with Gasteiger partial charge in [0.2, 0.25) is 5.75 Å². The molecule has 3 heterocycles. The monoisotopic (exact) mass is 607 g/mol. The molecule has 0 aliphatic carbocycles. The Balaban J connectivity index is 1.21. The number of likely N-dealkylation sites (N-methyl/N-ethyl adjacent to an activating group) is 1. The summed E-state index contributed by atoms with van der Waals surface area (Å²) in [6, 6.07) is 10.8. The van der Waals surface area contributed by atoms with Crippen molar-refractivity contribution >= 4 is 28.8 Å². The summed E-state index contributed by atoms with van der Waals surface area (Å²) in [7, 11) is 5.89. The van der Waals surface area contributed by atoms with Crippen LogP contribution in [0.2, 0.25) is 0 Å². The number of carbonyl (C=O) groups excluding carboxylic acids is 2. The van der Waals surface area contributed by atoms with Crippen LogP contribution in [0.5, 0.6) is 17.2 Å². The number of ether oxygens (including phenoxy) is 4. The first-order chi connectivity index (χ1) is 21.3. The molecule has 4 aromatic rings. The van der Waals surface area contributed by atoms with Crippen molar-refractivity contribution in [2.45, 2.75) is 37.6 Å². The maximum atomic E-state index is 12.8. The SMILES string of the molecule is CNC(=O)[C@H]1O[C@@H](n2cnc3c(NCc4ccc(CNC(=O)c5cc(OC)c(OC)c(OC)c5)cc4)ncnc32)[C@@H](O)[C@H]1O. The van der Waals surface area contributed by atoms with Gasteiger partial charge in [-0.05, 0) is 23.3 Å². The van der Waals surface area contributed by atoms with Gasteiger partial charge in [0.15, 0.2) is 40.8 Å². The third-order valence-electron chi connectivity index (χ3n) is 7.24. The fraction of sp³-hybridized carbons (Fsp3) is 0.345. The summed E-state index contributed by atoms with van der Waals surface area (Å²) in [4.78, 5) is 37.8. The standard InChI is InChI=1S/C29H33N7O8/c1-30-28(40)24-21(37)22(38)29(44-24)36-14-35-20-25(33-13-34-26(20)36)31-11-15-5-7-16(8-6-15)12-32-27(39)17-9-18(41-2)23(43-4)19(10-17)42-3/h5-10,13-14,21-22,24,29,37-38H,11-12H2,1-4H3,(H,30,40)(H,32,39)(H,31,33,34)/t21-,22+,24+,29-/m1/s1. The van der Waals surface area contributed by atoms with Crippen LogP contribution in [0.15, 0.2) is 49.1 Å². The van der Waals surface area contributed by atoms with Crippen LogP contribution in [0.1, 0.15) is 27.7 Å². The van der Waals surface area contributed by atoms with Crippen molar-refractivity contribution in [2.24, 2.45) is 0 Å². The number of imidazole rings is 1. The molecule has 15 nitrogen and oxygen atoms in total. The van der Waals surface area contributed by atoms with Crippen molar-refractivity contribution in [3.05, 3.63) is 65.7 Å². The number of aromatic nitrogens is 4. The zero-order chi connectivity index (χ0) is 31.4. The number of hydrogen-bond donors (Lipinski definition) is 5. The van der Waals surface area contributed by atoms with Crippen LogP contribution < -0.4 is 30.2 Å². The summed E-state index contributed by atoms with van der Waals surface area (Å²) in [6.45, 7) is 0.717. The van der Waals surface area contributed by atoms with E-state index in [9.17, 15) is 19.8 Å². The van der Waals surface area contributed by atoms with Crippen molar-refractivity contribution < 1.29 is 38.7 Å². The average molecular weight is 608 g/mol. The number of anilines is 1. The number of amides is 2. The van der Waals surface area contributed by atoms with Gasteiger partial charge in [-0.3, -0.25) is 14.2 Å². The molecule has 0 bridgehead atoms. The Morgan fingerprint density at radius 3 is 2.20 bits per heavy atom. The molecular formula is C29H33N7O8. The highest BCUT2D eigenvalue weighted by atomic mass is 16.6. The Morgan fingerprint density at radius 2 is 1.59 bits per heavy atom. The Hall–Kier alpha value is -4.99. The molecule has 0 unspecified atom stereocenters. The molecule has 2 aromatic heterocycles. The smallest absolute Gasteiger partial charge is 0.251 e. The molecule has 1 aliphatic rings. The first-order valence-electron chi connectivity index (χ1n) is 13.6. The molecule has 0 spiro atoms. The topological polar surface area (TPSA) is 191 Å². The van der Waals surface area contributed by atoms with Crippen LogP contribution in [-0.4, -0.2) is 88.2 Å². The molecule has 2 aromatic carbocycles. The van der Waals surface area contributed by atoms with E-state index in [1.807, 2.05) is 24.3 Å². The van der Waals surface area contributed by atoms with E-state index < -0.39 is 30.4 Å². The Morgan fingerprint density at radius 1 is 0.932 bits per heavy atom. The third-order valence-corrected chi connectivity index (χ3v) is 7.24. The summed E-state index contributed by atoms with van der Waals surface area (Å²) in [5.74, 6) is 0.790. The molecule has 44 heavy (non-hydrogen) atoms. The number of rotatable bonds is 11. The maximum absolute atomic E-state index is 12.8. The van der Waals surface area contributed by atoms with Crippen LogP contribution in [0.25, 0.3) is 11.2 Å². The molecular weight excluding hydrogens is 574 g/mol. The lowest BCUT2D eigenvalue weighted by Gasteiger charge is -2.16. The number of methoxy groups -OCH3 is 3. The lowest BCUT2D eigenvalue weighted by molar-refractivity contribution is -0.137. The summed E-state index contributed by atoms with van der Waals surface area (Å²) in [5.41, 5.74) is 2.99. The first kappa shape index (κ1) is 30.5. The zero-order valence-electron chi connectivity index (χ0n) is 24.5. The lowest BCUT2D eigenvalue weighted by atomic mass is 10.1. The molecule has 2 amide bonds. The van der Waals surface area contributed by atoms with Gasteiger partial charge in [-0.1, -0.05) is 24.3 Å². The number of aliphatic hydroxyl groups is 2. The minimum Gasteiger partial charge on any atom is -0.493 e. The zero-order valence-corrected chi connectivity index (χ0v) is 24.5. The van der Waals surface area contributed by atoms with Gasteiger partial charge in [-0.15, -0.1) is 0 Å². The van der Waals surface area contributed by atoms with Gasteiger partial charge in [-0.2, -0.15) is 0 Å². The van der Waals surface area contributed by atoms with E-state index in [0.717, 1.165) is 11.1 Å². The highest BCUT2D eigenvalue weighted by molar-refractivity contribution is 5.95. The minimum absolute atomic E-state index is 0.295. The minimum atomic E-state index is -1.41. The van der Waals surface area contributed by atoms with E-state index >= 15 is 0 Å². The highest BCUT2D eigenvalue weighted by Gasteiger charge is 2.47. The predicted octanol–water partition coefficient (Wildman–Crippen LogP) is 0.759. The number of nitrogens with zero attached hydrogens (tertiary/aromatic N) is 4. The molecule has 15 heteroatoms. The van der Waals surface area contributed by atoms with Gasteiger partial charge in [0, 0.05) is 25.7 Å². The average Bonchev–Trinajstić information content (AvgIpc) is 3.62. The molecule has 0 radical (unpaired) electrons. The summed E-state index contributed by atoms with van der Waals surface area (Å²) in [5, 5.41) is 29.4. The number of fused-ring (bicyclic) bond motifs is 1. The summed E-state index contributed by atoms with van der Waals surface area (Å²) in [6.07, 6.45) is -2.33. The quantitative estimate of drug-likeness (QED) is 0.161. The largest absolute Gasteiger partial charge is 0.493 e. The number of carbonyl (C=O) groups is 2. The van der Waals surface area contributed by atoms with Gasteiger partial charge in [0.25, 0.3) is 11.8 Å². The number of aliphatic hydroxyl groups excluding tert-OH is 2. The van der Waals surface area contributed by atoms with Crippen molar-refractivity contribution in [3.8, 4) is 17.2 Å². The number of nitrogens with one attached hydrogen (secondary N) is 3. The lowest BCUT2D eigenvalue weighted by Crippen LogP contribution is -2.41. The van der Waals surface area contributed by atoms with Gasteiger partial charge >= 0.3 is 0 Å². The molecule has 4 atom stereocenters. The van der Waals surface area contributed by atoms with E-state index in [2.05, 4.69) is 30.9 Å². The normalized spacial score (nSPS) is 19.4. The van der Waals surface area contributed by atoms with Crippen molar-refractivity contribution in [1.82, 2.24) is 30.2 Å². The Labute approximate surface area is 252 Å². The van der Waals surface area contributed by atoms with Gasteiger partial charge in [-0.25, -0.2) is 15.0 Å².